The van der Waals surface area contributed by atoms with Gasteiger partial charge in [-0.15, -0.1) is 0 Å². The molecule has 0 bridgehead atoms. The third-order valence-electron chi connectivity index (χ3n) is 3.49. The van der Waals surface area contributed by atoms with Crippen molar-refractivity contribution in [3.63, 3.8) is 0 Å². The Kier molecular flexibility index (Phi) is 5.07. The molecule has 1 saturated carbocycles. The van der Waals surface area contributed by atoms with Crippen LogP contribution in [0.15, 0.2) is 0 Å². The smallest absolute Gasteiger partial charge is 0.0431 e. The largest absolute Gasteiger partial charge is 0.396 e. The number of hydrogen-bond acceptors (Lipinski definition) is 2. The van der Waals surface area contributed by atoms with Crippen molar-refractivity contribution < 1.29 is 5.11 Å². The van der Waals surface area contributed by atoms with E-state index in [4.69, 9.17) is 5.11 Å². The number of rotatable bonds is 8. The van der Waals surface area contributed by atoms with E-state index in [1.54, 1.807) is 0 Å². The van der Waals surface area contributed by atoms with Crippen LogP contribution in [-0.4, -0.2) is 24.3 Å². The molecule has 0 radical (unpaired) electrons. The summed E-state index contributed by atoms with van der Waals surface area (Å²) in [5.74, 6) is 0.948. The van der Waals surface area contributed by atoms with Gasteiger partial charge >= 0.3 is 0 Å². The van der Waals surface area contributed by atoms with Crippen LogP contribution in [0.1, 0.15) is 52.9 Å². The summed E-state index contributed by atoms with van der Waals surface area (Å²) in [4.78, 5) is 0. The highest BCUT2D eigenvalue weighted by Crippen LogP contribution is 2.34. The fourth-order valence-corrected chi connectivity index (χ4v) is 2.20. The number of nitrogens with one attached hydrogen (secondary N) is 1. The summed E-state index contributed by atoms with van der Waals surface area (Å²) in [6, 6.07) is 0.735. The lowest BCUT2D eigenvalue weighted by Crippen LogP contribution is -2.38. The van der Waals surface area contributed by atoms with Crippen molar-refractivity contribution in [1.29, 1.82) is 0 Å². The average molecular weight is 213 g/mol. The number of aliphatic hydroxyl groups is 1. The third-order valence-corrected chi connectivity index (χ3v) is 3.49. The van der Waals surface area contributed by atoms with E-state index in [1.165, 1.54) is 19.3 Å². The summed E-state index contributed by atoms with van der Waals surface area (Å²) in [6.45, 7) is 8.26. The SMILES string of the molecule is CCC(NCC(C)(C)CCCO)C1CC1. The van der Waals surface area contributed by atoms with Gasteiger partial charge < -0.3 is 10.4 Å². The fraction of sp³-hybridized carbons (Fsp3) is 1.00. The van der Waals surface area contributed by atoms with Crippen molar-refractivity contribution in [3.05, 3.63) is 0 Å². The van der Waals surface area contributed by atoms with Crippen molar-refractivity contribution in [2.24, 2.45) is 11.3 Å². The molecule has 15 heavy (non-hydrogen) atoms. The second-order valence-corrected chi connectivity index (χ2v) is 5.72. The summed E-state index contributed by atoms with van der Waals surface area (Å²) in [7, 11) is 0. The summed E-state index contributed by atoms with van der Waals surface area (Å²) in [5, 5.41) is 12.5. The van der Waals surface area contributed by atoms with Gasteiger partial charge in [-0.2, -0.15) is 0 Å². The monoisotopic (exact) mass is 213 g/mol. The standard InChI is InChI=1S/C13H27NO/c1-4-12(11-6-7-11)14-10-13(2,3)8-5-9-15/h11-12,14-15H,4-10H2,1-3H3. The molecule has 1 aliphatic carbocycles. The molecule has 1 rings (SSSR count). The molecule has 0 heterocycles. The maximum atomic E-state index is 8.83. The van der Waals surface area contributed by atoms with Crippen LogP contribution in [0.2, 0.25) is 0 Å². The summed E-state index contributed by atoms with van der Waals surface area (Å²) in [5.41, 5.74) is 0.324. The summed E-state index contributed by atoms with van der Waals surface area (Å²) >= 11 is 0. The van der Waals surface area contributed by atoms with E-state index >= 15 is 0 Å². The van der Waals surface area contributed by atoms with Gasteiger partial charge in [-0.3, -0.25) is 0 Å². The minimum absolute atomic E-state index is 0.323. The van der Waals surface area contributed by atoms with Crippen LogP contribution in [0.3, 0.4) is 0 Å². The van der Waals surface area contributed by atoms with E-state index in [-0.39, 0.29) is 0 Å². The topological polar surface area (TPSA) is 32.3 Å². The van der Waals surface area contributed by atoms with E-state index in [1.807, 2.05) is 0 Å². The van der Waals surface area contributed by atoms with Crippen molar-refractivity contribution in [3.8, 4) is 0 Å². The predicted octanol–water partition coefficient (Wildman–Crippen LogP) is 2.56. The molecule has 0 aliphatic heterocycles. The van der Waals surface area contributed by atoms with E-state index in [9.17, 15) is 0 Å². The molecule has 1 aliphatic rings. The quantitative estimate of drug-likeness (QED) is 0.649. The van der Waals surface area contributed by atoms with Crippen LogP contribution in [0.25, 0.3) is 0 Å². The van der Waals surface area contributed by atoms with Gasteiger partial charge in [-0.25, -0.2) is 0 Å². The Bertz CT molecular complexity index is 175. The first-order valence-corrected chi connectivity index (χ1v) is 6.43. The zero-order valence-corrected chi connectivity index (χ0v) is 10.6. The molecule has 0 aromatic heterocycles. The van der Waals surface area contributed by atoms with Crippen LogP contribution in [0.5, 0.6) is 0 Å². The lowest BCUT2D eigenvalue weighted by molar-refractivity contribution is 0.228. The van der Waals surface area contributed by atoms with E-state index < -0.39 is 0 Å². The minimum Gasteiger partial charge on any atom is -0.396 e. The highest BCUT2D eigenvalue weighted by molar-refractivity contribution is 4.87. The minimum atomic E-state index is 0.323. The lowest BCUT2D eigenvalue weighted by atomic mass is 9.87. The highest BCUT2D eigenvalue weighted by Gasteiger charge is 2.30. The van der Waals surface area contributed by atoms with Crippen LogP contribution >= 0.6 is 0 Å². The number of hydrogen-bond donors (Lipinski definition) is 2. The molecule has 1 fully saturated rings. The van der Waals surface area contributed by atoms with Crippen LogP contribution in [0, 0.1) is 11.3 Å². The van der Waals surface area contributed by atoms with Gasteiger partial charge in [-0.05, 0) is 43.4 Å². The molecule has 1 atom stereocenters. The van der Waals surface area contributed by atoms with Gasteiger partial charge in [0.25, 0.3) is 0 Å². The van der Waals surface area contributed by atoms with Gasteiger partial charge in [-0.1, -0.05) is 20.8 Å². The molecule has 0 saturated heterocycles. The molecular formula is C13H27NO. The first kappa shape index (κ1) is 13.0. The van der Waals surface area contributed by atoms with Gasteiger partial charge in [0.15, 0.2) is 0 Å². The predicted molar refractivity (Wildman–Crippen MR) is 64.9 cm³/mol. The van der Waals surface area contributed by atoms with Crippen molar-refractivity contribution in [1.82, 2.24) is 5.32 Å². The van der Waals surface area contributed by atoms with Crippen molar-refractivity contribution in [2.45, 2.75) is 58.9 Å². The Labute approximate surface area is 94.5 Å². The molecule has 2 N–H and O–H groups in total. The first-order valence-electron chi connectivity index (χ1n) is 6.43. The Hall–Kier alpha value is -0.0800. The molecule has 0 aromatic carbocycles. The zero-order chi connectivity index (χ0) is 11.3. The molecule has 90 valence electrons. The molecule has 0 aromatic rings. The third kappa shape index (κ3) is 4.98. The fourth-order valence-electron chi connectivity index (χ4n) is 2.20. The Morgan fingerprint density at radius 2 is 2.07 bits per heavy atom. The van der Waals surface area contributed by atoms with Gasteiger partial charge in [0.1, 0.15) is 0 Å². The average Bonchev–Trinajstić information content (AvgIpc) is 3.00. The molecule has 0 amide bonds. The van der Waals surface area contributed by atoms with E-state index in [0.717, 1.165) is 31.3 Å². The number of aliphatic hydroxyl groups excluding tert-OH is 1. The van der Waals surface area contributed by atoms with Crippen molar-refractivity contribution in [2.75, 3.05) is 13.2 Å². The summed E-state index contributed by atoms with van der Waals surface area (Å²) in [6.07, 6.45) is 6.12. The Balaban J connectivity index is 2.20. The normalized spacial score (nSPS) is 19.2. The Morgan fingerprint density at radius 1 is 1.40 bits per heavy atom. The molecule has 0 spiro atoms. The second-order valence-electron chi connectivity index (χ2n) is 5.72. The van der Waals surface area contributed by atoms with E-state index in [2.05, 4.69) is 26.1 Å². The molecule has 2 heteroatoms. The molecule has 2 nitrogen and oxygen atoms in total. The van der Waals surface area contributed by atoms with E-state index in [0.29, 0.717) is 12.0 Å². The molecular weight excluding hydrogens is 186 g/mol. The second kappa shape index (κ2) is 5.86. The maximum absolute atomic E-state index is 8.83. The van der Waals surface area contributed by atoms with Crippen molar-refractivity contribution >= 4 is 0 Å². The molecule has 1 unspecified atom stereocenters. The summed E-state index contributed by atoms with van der Waals surface area (Å²) < 4.78 is 0. The van der Waals surface area contributed by atoms with Crippen LogP contribution < -0.4 is 5.32 Å². The zero-order valence-electron chi connectivity index (χ0n) is 10.6. The maximum Gasteiger partial charge on any atom is 0.0431 e. The van der Waals surface area contributed by atoms with Crippen LogP contribution in [0.4, 0.5) is 0 Å². The lowest BCUT2D eigenvalue weighted by Gasteiger charge is -2.28. The van der Waals surface area contributed by atoms with Crippen LogP contribution in [-0.2, 0) is 0 Å². The van der Waals surface area contributed by atoms with Gasteiger partial charge in [0.05, 0.1) is 0 Å². The Morgan fingerprint density at radius 3 is 2.53 bits per heavy atom. The van der Waals surface area contributed by atoms with Gasteiger partial charge in [0, 0.05) is 19.2 Å². The highest BCUT2D eigenvalue weighted by atomic mass is 16.2. The first-order chi connectivity index (χ1) is 7.09. The van der Waals surface area contributed by atoms with Gasteiger partial charge in [0.2, 0.25) is 0 Å².